The second-order valence-electron chi connectivity index (χ2n) is 3.31. The van der Waals surface area contributed by atoms with Gasteiger partial charge in [0.2, 0.25) is 0 Å². The molecule has 1 unspecified atom stereocenters. The van der Waals surface area contributed by atoms with E-state index >= 15 is 0 Å². The van der Waals surface area contributed by atoms with Crippen LogP contribution in [0.5, 0.6) is 0 Å². The summed E-state index contributed by atoms with van der Waals surface area (Å²) in [5, 5.41) is 2.07. The third-order valence-electron chi connectivity index (χ3n) is 2.21. The molecule has 0 aliphatic carbocycles. The summed E-state index contributed by atoms with van der Waals surface area (Å²) >= 11 is 1.73. The van der Waals surface area contributed by atoms with Gasteiger partial charge in [-0.05, 0) is 23.4 Å². The first-order valence-electron chi connectivity index (χ1n) is 4.69. The summed E-state index contributed by atoms with van der Waals surface area (Å²) in [5.74, 6) is 0. The van der Waals surface area contributed by atoms with Crippen LogP contribution < -0.4 is 5.73 Å². The fourth-order valence-corrected chi connectivity index (χ4v) is 2.20. The van der Waals surface area contributed by atoms with Crippen LogP contribution >= 0.6 is 11.3 Å². The fourth-order valence-electron chi connectivity index (χ4n) is 1.47. The van der Waals surface area contributed by atoms with Crippen molar-refractivity contribution in [3.8, 4) is 0 Å². The van der Waals surface area contributed by atoms with Gasteiger partial charge in [-0.3, -0.25) is 0 Å². The van der Waals surface area contributed by atoms with E-state index in [1.807, 2.05) is 12.1 Å². The van der Waals surface area contributed by atoms with Crippen LogP contribution in [0.15, 0.2) is 47.8 Å². The maximum absolute atomic E-state index is 6.08. The quantitative estimate of drug-likeness (QED) is 0.815. The van der Waals surface area contributed by atoms with Gasteiger partial charge in [0.05, 0.1) is 0 Å². The minimum Gasteiger partial charge on any atom is -0.323 e. The minimum atomic E-state index is 0.136. The van der Waals surface area contributed by atoms with Crippen molar-refractivity contribution in [3.63, 3.8) is 0 Å². The summed E-state index contributed by atoms with van der Waals surface area (Å²) in [7, 11) is 0. The summed E-state index contributed by atoms with van der Waals surface area (Å²) in [5.41, 5.74) is 7.38. The number of rotatable bonds is 3. The van der Waals surface area contributed by atoms with Gasteiger partial charge in [-0.15, -0.1) is 11.3 Å². The first kappa shape index (κ1) is 9.44. The average Bonchev–Trinajstić information content (AvgIpc) is 2.72. The predicted octanol–water partition coefficient (Wildman–Crippen LogP) is 2.99. The van der Waals surface area contributed by atoms with Crippen molar-refractivity contribution < 1.29 is 0 Å². The molecule has 0 aliphatic heterocycles. The van der Waals surface area contributed by atoms with E-state index in [1.165, 1.54) is 10.4 Å². The maximum atomic E-state index is 6.08. The van der Waals surface area contributed by atoms with Gasteiger partial charge in [0, 0.05) is 10.9 Å². The lowest BCUT2D eigenvalue weighted by atomic mass is 10.1. The van der Waals surface area contributed by atoms with Crippen LogP contribution in [0.25, 0.3) is 0 Å². The Hall–Kier alpha value is -1.12. The van der Waals surface area contributed by atoms with Gasteiger partial charge in [-0.2, -0.15) is 0 Å². The van der Waals surface area contributed by atoms with Crippen LogP contribution in [0.4, 0.5) is 0 Å². The lowest BCUT2D eigenvalue weighted by Crippen LogP contribution is -2.11. The molecular formula is C12H13NS. The van der Waals surface area contributed by atoms with Crippen molar-refractivity contribution in [3.05, 3.63) is 58.3 Å². The third-order valence-corrected chi connectivity index (χ3v) is 3.21. The smallest absolute Gasteiger partial charge is 0.0430 e. The molecule has 72 valence electrons. The van der Waals surface area contributed by atoms with Crippen molar-refractivity contribution in [1.82, 2.24) is 0 Å². The van der Waals surface area contributed by atoms with Gasteiger partial charge < -0.3 is 5.73 Å². The molecule has 0 fully saturated rings. The molecule has 0 saturated carbocycles. The maximum Gasteiger partial charge on any atom is 0.0430 e. The van der Waals surface area contributed by atoms with Gasteiger partial charge in [0.25, 0.3) is 0 Å². The van der Waals surface area contributed by atoms with Crippen LogP contribution in [0.1, 0.15) is 16.5 Å². The highest BCUT2D eigenvalue weighted by atomic mass is 32.1. The van der Waals surface area contributed by atoms with Crippen LogP contribution in [0.2, 0.25) is 0 Å². The van der Waals surface area contributed by atoms with Crippen molar-refractivity contribution in [2.75, 3.05) is 0 Å². The molecule has 0 bridgehead atoms. The Kier molecular flexibility index (Phi) is 2.96. The monoisotopic (exact) mass is 203 g/mol. The number of benzene rings is 1. The number of nitrogens with two attached hydrogens (primary N) is 1. The Bertz CT molecular complexity index is 366. The van der Waals surface area contributed by atoms with Crippen molar-refractivity contribution >= 4 is 11.3 Å². The molecule has 1 nitrogen and oxygen atoms in total. The summed E-state index contributed by atoms with van der Waals surface area (Å²) in [6.45, 7) is 0. The fraction of sp³-hybridized carbons (Fsp3) is 0.167. The normalized spacial score (nSPS) is 12.6. The average molecular weight is 203 g/mol. The summed E-state index contributed by atoms with van der Waals surface area (Å²) in [6.07, 6.45) is 0.918. The first-order chi connectivity index (χ1) is 6.86. The zero-order valence-electron chi connectivity index (χ0n) is 7.89. The van der Waals surface area contributed by atoms with Gasteiger partial charge >= 0.3 is 0 Å². The Morgan fingerprint density at radius 2 is 1.86 bits per heavy atom. The molecule has 0 saturated heterocycles. The molecule has 14 heavy (non-hydrogen) atoms. The Balaban J connectivity index is 2.06. The van der Waals surface area contributed by atoms with E-state index in [0.29, 0.717) is 0 Å². The van der Waals surface area contributed by atoms with E-state index in [2.05, 4.69) is 35.7 Å². The van der Waals surface area contributed by atoms with Gasteiger partial charge in [0.1, 0.15) is 0 Å². The van der Waals surface area contributed by atoms with E-state index in [9.17, 15) is 0 Å². The van der Waals surface area contributed by atoms with E-state index in [0.717, 1.165) is 6.42 Å². The molecule has 0 spiro atoms. The Labute approximate surface area is 88.2 Å². The minimum absolute atomic E-state index is 0.136. The number of hydrogen-bond acceptors (Lipinski definition) is 2. The zero-order valence-corrected chi connectivity index (χ0v) is 8.71. The van der Waals surface area contributed by atoms with Crippen LogP contribution in [-0.4, -0.2) is 0 Å². The highest BCUT2D eigenvalue weighted by Crippen LogP contribution is 2.20. The van der Waals surface area contributed by atoms with Gasteiger partial charge in [-0.1, -0.05) is 36.4 Å². The Morgan fingerprint density at radius 3 is 2.50 bits per heavy atom. The largest absolute Gasteiger partial charge is 0.323 e. The molecule has 2 rings (SSSR count). The van der Waals surface area contributed by atoms with E-state index in [4.69, 9.17) is 5.73 Å². The second-order valence-corrected chi connectivity index (χ2v) is 4.29. The van der Waals surface area contributed by atoms with Crippen molar-refractivity contribution in [2.24, 2.45) is 5.73 Å². The second kappa shape index (κ2) is 4.40. The highest BCUT2D eigenvalue weighted by Gasteiger charge is 2.06. The molecular weight excluding hydrogens is 190 g/mol. The van der Waals surface area contributed by atoms with Crippen molar-refractivity contribution in [2.45, 2.75) is 12.5 Å². The summed E-state index contributed by atoms with van der Waals surface area (Å²) in [6, 6.07) is 14.6. The zero-order chi connectivity index (χ0) is 9.80. The molecule has 2 N–H and O–H groups in total. The standard InChI is InChI=1S/C12H13NS/c13-11(12-7-4-8-14-12)9-10-5-2-1-3-6-10/h1-8,11H,9,13H2. The van der Waals surface area contributed by atoms with Crippen molar-refractivity contribution in [1.29, 1.82) is 0 Å². The van der Waals surface area contributed by atoms with Crippen LogP contribution in [-0.2, 0) is 6.42 Å². The predicted molar refractivity (Wildman–Crippen MR) is 61.4 cm³/mol. The molecule has 0 radical (unpaired) electrons. The van der Waals surface area contributed by atoms with E-state index in [1.54, 1.807) is 11.3 Å². The summed E-state index contributed by atoms with van der Waals surface area (Å²) < 4.78 is 0. The molecule has 0 aliphatic rings. The van der Waals surface area contributed by atoms with Gasteiger partial charge in [0.15, 0.2) is 0 Å². The lowest BCUT2D eigenvalue weighted by Gasteiger charge is -2.08. The summed E-state index contributed by atoms with van der Waals surface area (Å²) in [4.78, 5) is 1.26. The first-order valence-corrected chi connectivity index (χ1v) is 5.57. The number of thiophene rings is 1. The van der Waals surface area contributed by atoms with Gasteiger partial charge in [-0.25, -0.2) is 0 Å². The highest BCUT2D eigenvalue weighted by molar-refractivity contribution is 7.10. The third kappa shape index (κ3) is 2.22. The van der Waals surface area contributed by atoms with E-state index < -0.39 is 0 Å². The molecule has 1 heterocycles. The molecule has 1 aromatic heterocycles. The molecule has 2 aromatic rings. The molecule has 1 aromatic carbocycles. The Morgan fingerprint density at radius 1 is 1.07 bits per heavy atom. The van der Waals surface area contributed by atoms with E-state index in [-0.39, 0.29) is 6.04 Å². The topological polar surface area (TPSA) is 26.0 Å². The van der Waals surface area contributed by atoms with Crippen LogP contribution in [0, 0.1) is 0 Å². The SMILES string of the molecule is NC(Cc1ccccc1)c1cccs1. The molecule has 2 heteroatoms. The number of hydrogen-bond donors (Lipinski definition) is 1. The molecule has 0 amide bonds. The molecule has 1 atom stereocenters. The lowest BCUT2D eigenvalue weighted by molar-refractivity contribution is 0.736. The van der Waals surface area contributed by atoms with Crippen LogP contribution in [0.3, 0.4) is 0 Å².